The minimum Gasteiger partial charge on any atom is -0.507 e. The summed E-state index contributed by atoms with van der Waals surface area (Å²) in [7, 11) is 2.17. The van der Waals surface area contributed by atoms with Gasteiger partial charge in [-0.2, -0.15) is 0 Å². The van der Waals surface area contributed by atoms with Gasteiger partial charge in [-0.15, -0.1) is 11.3 Å². The second-order valence-electron chi connectivity index (χ2n) is 6.07. The van der Waals surface area contributed by atoms with Gasteiger partial charge in [0.1, 0.15) is 5.75 Å². The summed E-state index contributed by atoms with van der Waals surface area (Å²) in [6, 6.07) is 10.00. The summed E-state index contributed by atoms with van der Waals surface area (Å²) in [6.45, 7) is 5.03. The molecule has 4 nitrogen and oxygen atoms in total. The fourth-order valence-electron chi connectivity index (χ4n) is 2.88. The third-order valence-corrected chi connectivity index (χ3v) is 5.82. The van der Waals surface area contributed by atoms with Gasteiger partial charge in [-0.1, -0.05) is 22.0 Å². The lowest BCUT2D eigenvalue weighted by Crippen LogP contribution is -2.46. The summed E-state index contributed by atoms with van der Waals surface area (Å²) < 4.78 is 0.940. The molecule has 6 heteroatoms. The van der Waals surface area contributed by atoms with Crippen LogP contribution < -0.4 is 0 Å². The number of thiophene rings is 1. The molecule has 1 aliphatic rings. The van der Waals surface area contributed by atoms with E-state index in [9.17, 15) is 5.11 Å². The molecule has 1 aliphatic heterocycles. The van der Waals surface area contributed by atoms with Crippen molar-refractivity contribution in [3.63, 3.8) is 0 Å². The Morgan fingerprint density at radius 2 is 2.08 bits per heavy atom. The van der Waals surface area contributed by atoms with Crippen LogP contribution in [0.25, 0.3) is 0 Å². The van der Waals surface area contributed by atoms with Crippen LogP contribution in [0.15, 0.2) is 45.2 Å². The van der Waals surface area contributed by atoms with Crippen molar-refractivity contribution >= 4 is 33.5 Å². The number of rotatable bonds is 5. The van der Waals surface area contributed by atoms with E-state index < -0.39 is 0 Å². The van der Waals surface area contributed by atoms with Crippen molar-refractivity contribution in [2.24, 2.45) is 4.99 Å². The lowest BCUT2D eigenvalue weighted by Gasteiger charge is -2.37. The minimum absolute atomic E-state index is 0.259. The number of aliphatic imine (C=N–C) groups is 1. The van der Waals surface area contributed by atoms with Crippen molar-refractivity contribution in [2.75, 3.05) is 39.8 Å². The molecule has 1 atom stereocenters. The van der Waals surface area contributed by atoms with E-state index in [0.717, 1.165) is 36.2 Å². The molecule has 0 aliphatic carbocycles. The van der Waals surface area contributed by atoms with Gasteiger partial charge < -0.3 is 10.0 Å². The number of hydrogen-bond donors (Lipinski definition) is 1. The van der Waals surface area contributed by atoms with Gasteiger partial charge in [-0.05, 0) is 36.7 Å². The Labute approximate surface area is 155 Å². The zero-order chi connectivity index (χ0) is 16.9. The molecule has 0 bridgehead atoms. The number of benzene rings is 1. The van der Waals surface area contributed by atoms with Gasteiger partial charge >= 0.3 is 0 Å². The van der Waals surface area contributed by atoms with Crippen molar-refractivity contribution < 1.29 is 5.11 Å². The smallest absolute Gasteiger partial charge is 0.124 e. The molecule has 1 aromatic heterocycles. The highest BCUT2D eigenvalue weighted by molar-refractivity contribution is 9.10. The Balaban J connectivity index is 1.72. The van der Waals surface area contributed by atoms with Crippen LogP contribution in [0.3, 0.4) is 0 Å². The Hall–Kier alpha value is -1.21. The molecule has 2 heterocycles. The van der Waals surface area contributed by atoms with Crippen LogP contribution in [-0.4, -0.2) is 60.9 Å². The van der Waals surface area contributed by atoms with Crippen molar-refractivity contribution in [2.45, 2.75) is 6.04 Å². The van der Waals surface area contributed by atoms with Gasteiger partial charge in [0.2, 0.25) is 0 Å². The van der Waals surface area contributed by atoms with E-state index in [-0.39, 0.29) is 5.75 Å². The molecule has 1 saturated heterocycles. The quantitative estimate of drug-likeness (QED) is 0.769. The van der Waals surface area contributed by atoms with Crippen LogP contribution in [0, 0.1) is 0 Å². The molecule has 0 amide bonds. The van der Waals surface area contributed by atoms with Gasteiger partial charge in [-0.3, -0.25) is 9.89 Å². The fourth-order valence-corrected chi connectivity index (χ4v) is 4.11. The van der Waals surface area contributed by atoms with Crippen molar-refractivity contribution in [1.82, 2.24) is 9.80 Å². The molecule has 0 spiro atoms. The van der Waals surface area contributed by atoms with Crippen molar-refractivity contribution in [1.29, 1.82) is 0 Å². The van der Waals surface area contributed by atoms with E-state index in [1.165, 1.54) is 4.88 Å². The first-order valence-corrected chi connectivity index (χ1v) is 9.75. The second kappa shape index (κ2) is 8.25. The van der Waals surface area contributed by atoms with Crippen LogP contribution >= 0.6 is 27.3 Å². The number of halogens is 1. The first-order chi connectivity index (χ1) is 11.6. The number of phenolic OH excluding ortho intramolecular Hbond substituents is 1. The predicted molar refractivity (Wildman–Crippen MR) is 104 cm³/mol. The summed E-state index contributed by atoms with van der Waals surface area (Å²) in [5, 5.41) is 12.1. The van der Waals surface area contributed by atoms with Gasteiger partial charge in [0.05, 0.1) is 12.6 Å². The zero-order valence-corrected chi connectivity index (χ0v) is 16.1. The summed E-state index contributed by atoms with van der Waals surface area (Å²) in [5.41, 5.74) is 0.743. The molecule has 0 radical (unpaired) electrons. The molecule has 24 heavy (non-hydrogen) atoms. The SMILES string of the molecule is CN1CCN([C@H](CN=Cc2cc(Br)ccc2O)c2cccs2)CC1. The van der Waals surface area contributed by atoms with Gasteiger partial charge in [-0.25, -0.2) is 0 Å². The van der Waals surface area contributed by atoms with Crippen LogP contribution in [0.2, 0.25) is 0 Å². The van der Waals surface area contributed by atoms with Crippen LogP contribution in [0.4, 0.5) is 0 Å². The van der Waals surface area contributed by atoms with Crippen LogP contribution in [0.5, 0.6) is 5.75 Å². The lowest BCUT2D eigenvalue weighted by molar-refractivity contribution is 0.116. The zero-order valence-electron chi connectivity index (χ0n) is 13.7. The average molecular weight is 408 g/mol. The number of phenols is 1. The predicted octanol–water partition coefficient (Wildman–Crippen LogP) is 3.62. The maximum atomic E-state index is 9.94. The second-order valence-corrected chi connectivity index (χ2v) is 7.96. The molecular weight excluding hydrogens is 386 g/mol. The third-order valence-electron chi connectivity index (χ3n) is 4.35. The van der Waals surface area contributed by atoms with Gasteiger partial charge in [0.15, 0.2) is 0 Å². The third kappa shape index (κ3) is 4.45. The number of likely N-dealkylation sites (N-methyl/N-ethyl adjacent to an activating group) is 1. The first kappa shape index (κ1) is 17.6. The Kier molecular flexibility index (Phi) is 6.05. The van der Waals surface area contributed by atoms with E-state index >= 15 is 0 Å². The lowest BCUT2D eigenvalue weighted by atomic mass is 10.1. The summed E-state index contributed by atoms with van der Waals surface area (Å²) >= 11 is 5.22. The Bertz CT molecular complexity index is 682. The van der Waals surface area contributed by atoms with E-state index in [1.54, 1.807) is 23.6 Å². The van der Waals surface area contributed by atoms with E-state index in [0.29, 0.717) is 12.6 Å². The highest BCUT2D eigenvalue weighted by Gasteiger charge is 2.24. The number of aromatic hydroxyl groups is 1. The normalized spacial score (nSPS) is 18.2. The van der Waals surface area contributed by atoms with E-state index in [2.05, 4.69) is 55.3 Å². The summed E-state index contributed by atoms with van der Waals surface area (Å²) in [4.78, 5) is 10.9. The van der Waals surface area contributed by atoms with E-state index in [1.807, 2.05) is 12.1 Å². The highest BCUT2D eigenvalue weighted by Crippen LogP contribution is 2.27. The highest BCUT2D eigenvalue weighted by atomic mass is 79.9. The number of piperazine rings is 1. The summed E-state index contributed by atoms with van der Waals surface area (Å²) in [5.74, 6) is 0.259. The Morgan fingerprint density at radius 3 is 2.79 bits per heavy atom. The molecule has 0 unspecified atom stereocenters. The van der Waals surface area contributed by atoms with Crippen LogP contribution in [0.1, 0.15) is 16.5 Å². The van der Waals surface area contributed by atoms with Crippen LogP contribution in [-0.2, 0) is 0 Å². The molecule has 0 saturated carbocycles. The fraction of sp³-hybridized carbons (Fsp3) is 0.389. The number of nitrogens with zero attached hydrogens (tertiary/aromatic N) is 3. The van der Waals surface area contributed by atoms with Crippen molar-refractivity contribution in [3.05, 3.63) is 50.6 Å². The van der Waals surface area contributed by atoms with Gasteiger partial charge in [0.25, 0.3) is 0 Å². The Morgan fingerprint density at radius 1 is 1.29 bits per heavy atom. The van der Waals surface area contributed by atoms with E-state index in [4.69, 9.17) is 0 Å². The maximum Gasteiger partial charge on any atom is 0.124 e. The standard InChI is InChI=1S/C18H22BrN3OS/c1-21-6-8-22(9-7-21)16(18-3-2-10-24-18)13-20-12-14-11-15(19)4-5-17(14)23/h2-5,10-12,16,23H,6-9,13H2,1H3/t16-/m1/s1. The van der Waals surface area contributed by atoms with Crippen molar-refractivity contribution in [3.8, 4) is 5.75 Å². The molecule has 2 aromatic rings. The number of hydrogen-bond acceptors (Lipinski definition) is 5. The monoisotopic (exact) mass is 407 g/mol. The van der Waals surface area contributed by atoms with Gasteiger partial charge in [0, 0.05) is 47.3 Å². The molecule has 1 aromatic carbocycles. The molecule has 1 N–H and O–H groups in total. The molecular formula is C18H22BrN3OS. The topological polar surface area (TPSA) is 39.1 Å². The minimum atomic E-state index is 0.259. The first-order valence-electron chi connectivity index (χ1n) is 8.08. The molecule has 1 fully saturated rings. The molecule has 3 rings (SSSR count). The molecule has 128 valence electrons. The maximum absolute atomic E-state index is 9.94. The largest absolute Gasteiger partial charge is 0.507 e. The average Bonchev–Trinajstić information content (AvgIpc) is 3.10. The summed E-state index contributed by atoms with van der Waals surface area (Å²) in [6.07, 6.45) is 1.77.